The highest BCUT2D eigenvalue weighted by molar-refractivity contribution is 5.78. The minimum atomic E-state index is 0.203. The molecule has 2 saturated carbocycles. The number of hydrogen-bond acceptors (Lipinski definition) is 3. The number of likely N-dealkylation sites (N-methyl/N-ethyl adjacent to an activating group) is 1. The normalized spacial score (nSPS) is 27.9. The smallest absolute Gasteiger partial charge is 0.223 e. The third-order valence-electron chi connectivity index (χ3n) is 5.20. The average Bonchev–Trinajstić information content (AvgIpc) is 3.01. The third-order valence-corrected chi connectivity index (χ3v) is 5.20. The molecule has 0 saturated heterocycles. The summed E-state index contributed by atoms with van der Waals surface area (Å²) in [5.41, 5.74) is 5.74. The van der Waals surface area contributed by atoms with Crippen LogP contribution in [-0.4, -0.2) is 43.5 Å². The zero-order valence-corrected chi connectivity index (χ0v) is 12.9. The Morgan fingerprint density at radius 1 is 1.20 bits per heavy atom. The second kappa shape index (κ2) is 7.99. The number of nitrogens with zero attached hydrogens (tertiary/aromatic N) is 1. The van der Waals surface area contributed by atoms with Gasteiger partial charge in [-0.05, 0) is 51.6 Å². The van der Waals surface area contributed by atoms with Gasteiger partial charge in [0.15, 0.2) is 0 Å². The van der Waals surface area contributed by atoms with E-state index in [9.17, 15) is 4.79 Å². The van der Waals surface area contributed by atoms with Crippen LogP contribution in [0, 0.1) is 11.8 Å². The Bertz CT molecular complexity index is 302. The van der Waals surface area contributed by atoms with Gasteiger partial charge in [0.1, 0.15) is 0 Å². The molecular formula is C16H31N3O. The van der Waals surface area contributed by atoms with Crippen molar-refractivity contribution in [3.63, 3.8) is 0 Å². The van der Waals surface area contributed by atoms with Crippen molar-refractivity contribution in [1.29, 1.82) is 0 Å². The van der Waals surface area contributed by atoms with Crippen molar-refractivity contribution < 1.29 is 4.79 Å². The van der Waals surface area contributed by atoms with Crippen molar-refractivity contribution in [1.82, 2.24) is 10.2 Å². The molecule has 2 aliphatic rings. The summed E-state index contributed by atoms with van der Waals surface area (Å²) in [7, 11) is 2.19. The molecule has 2 atom stereocenters. The lowest BCUT2D eigenvalue weighted by Gasteiger charge is -2.28. The Morgan fingerprint density at radius 2 is 1.95 bits per heavy atom. The van der Waals surface area contributed by atoms with Crippen molar-refractivity contribution >= 4 is 5.91 Å². The van der Waals surface area contributed by atoms with Crippen molar-refractivity contribution in [2.45, 2.75) is 57.4 Å². The Morgan fingerprint density at radius 3 is 2.65 bits per heavy atom. The van der Waals surface area contributed by atoms with Gasteiger partial charge in [0.05, 0.1) is 0 Å². The van der Waals surface area contributed by atoms with E-state index in [1.165, 1.54) is 32.1 Å². The molecule has 0 bridgehead atoms. The van der Waals surface area contributed by atoms with Crippen LogP contribution in [0.5, 0.6) is 0 Å². The van der Waals surface area contributed by atoms with Gasteiger partial charge in [-0.2, -0.15) is 0 Å². The lowest BCUT2D eigenvalue weighted by molar-refractivity contribution is -0.126. The van der Waals surface area contributed by atoms with Crippen LogP contribution in [-0.2, 0) is 4.79 Å². The van der Waals surface area contributed by atoms with Gasteiger partial charge in [0, 0.05) is 25.0 Å². The van der Waals surface area contributed by atoms with E-state index in [0.717, 1.165) is 44.9 Å². The number of nitrogens with one attached hydrogen (secondary N) is 1. The van der Waals surface area contributed by atoms with E-state index in [1.807, 2.05) is 0 Å². The average molecular weight is 281 g/mol. The highest BCUT2D eigenvalue weighted by Gasteiger charge is 2.26. The summed E-state index contributed by atoms with van der Waals surface area (Å²) in [6.07, 6.45) is 9.76. The van der Waals surface area contributed by atoms with E-state index in [1.54, 1.807) is 0 Å². The molecule has 0 spiro atoms. The molecule has 2 aliphatic carbocycles. The van der Waals surface area contributed by atoms with Gasteiger partial charge in [0.25, 0.3) is 0 Å². The zero-order valence-electron chi connectivity index (χ0n) is 12.9. The molecule has 3 N–H and O–H groups in total. The fraction of sp³-hybridized carbons (Fsp3) is 0.938. The SMILES string of the molecule is CN(CCNC(=O)C1CCCC(CN)C1)C1CCCC1. The molecule has 0 radical (unpaired) electrons. The fourth-order valence-corrected chi connectivity index (χ4v) is 3.77. The van der Waals surface area contributed by atoms with Crippen LogP contribution < -0.4 is 11.1 Å². The van der Waals surface area contributed by atoms with Gasteiger partial charge in [-0.3, -0.25) is 4.79 Å². The molecule has 4 heteroatoms. The Labute approximate surface area is 123 Å². The summed E-state index contributed by atoms with van der Waals surface area (Å²) >= 11 is 0. The maximum absolute atomic E-state index is 12.2. The van der Waals surface area contributed by atoms with Crippen molar-refractivity contribution in [3.05, 3.63) is 0 Å². The molecule has 0 heterocycles. The van der Waals surface area contributed by atoms with E-state index in [2.05, 4.69) is 17.3 Å². The van der Waals surface area contributed by atoms with Crippen molar-refractivity contribution in [2.24, 2.45) is 17.6 Å². The number of nitrogens with two attached hydrogens (primary N) is 1. The van der Waals surface area contributed by atoms with Crippen LogP contribution >= 0.6 is 0 Å². The van der Waals surface area contributed by atoms with Gasteiger partial charge in [-0.15, -0.1) is 0 Å². The number of carbonyl (C=O) groups excluding carboxylic acids is 1. The molecule has 116 valence electrons. The standard InChI is InChI=1S/C16H31N3O/c1-19(15-7-2-3-8-15)10-9-18-16(20)14-6-4-5-13(11-14)12-17/h13-15H,2-12,17H2,1H3,(H,18,20). The first-order valence-corrected chi connectivity index (χ1v) is 8.38. The maximum Gasteiger partial charge on any atom is 0.223 e. The minimum Gasteiger partial charge on any atom is -0.355 e. The van der Waals surface area contributed by atoms with Crippen LogP contribution in [0.2, 0.25) is 0 Å². The number of carbonyl (C=O) groups is 1. The largest absolute Gasteiger partial charge is 0.355 e. The van der Waals surface area contributed by atoms with E-state index >= 15 is 0 Å². The lowest BCUT2D eigenvalue weighted by atomic mass is 9.81. The van der Waals surface area contributed by atoms with E-state index in [4.69, 9.17) is 5.73 Å². The molecule has 2 rings (SSSR count). The maximum atomic E-state index is 12.2. The molecule has 0 aliphatic heterocycles. The number of amides is 1. The van der Waals surface area contributed by atoms with Crippen LogP contribution in [0.25, 0.3) is 0 Å². The van der Waals surface area contributed by atoms with Crippen LogP contribution in [0.4, 0.5) is 0 Å². The zero-order chi connectivity index (χ0) is 14.4. The second-order valence-corrected chi connectivity index (χ2v) is 6.68. The van der Waals surface area contributed by atoms with Crippen LogP contribution in [0.15, 0.2) is 0 Å². The van der Waals surface area contributed by atoms with Gasteiger partial charge in [0.2, 0.25) is 5.91 Å². The summed E-state index contributed by atoms with van der Waals surface area (Å²) in [5, 5.41) is 3.13. The van der Waals surface area contributed by atoms with Gasteiger partial charge >= 0.3 is 0 Å². The highest BCUT2D eigenvalue weighted by atomic mass is 16.1. The predicted molar refractivity (Wildman–Crippen MR) is 82.4 cm³/mol. The van der Waals surface area contributed by atoms with E-state index in [0.29, 0.717) is 5.92 Å². The molecule has 0 aromatic heterocycles. The van der Waals surface area contributed by atoms with Gasteiger partial charge in [-0.25, -0.2) is 0 Å². The summed E-state index contributed by atoms with van der Waals surface area (Å²) in [6, 6.07) is 0.739. The van der Waals surface area contributed by atoms with Gasteiger partial charge < -0.3 is 16.0 Å². The molecule has 1 amide bonds. The molecule has 2 unspecified atom stereocenters. The molecule has 4 nitrogen and oxygen atoms in total. The quantitative estimate of drug-likeness (QED) is 0.780. The van der Waals surface area contributed by atoms with E-state index < -0.39 is 0 Å². The predicted octanol–water partition coefficient (Wildman–Crippen LogP) is 1.74. The second-order valence-electron chi connectivity index (χ2n) is 6.68. The Kier molecular flexibility index (Phi) is 6.30. The first-order chi connectivity index (χ1) is 9.70. The first-order valence-electron chi connectivity index (χ1n) is 8.38. The van der Waals surface area contributed by atoms with Crippen molar-refractivity contribution in [3.8, 4) is 0 Å². The number of hydrogen-bond donors (Lipinski definition) is 2. The first kappa shape index (κ1) is 15.8. The third kappa shape index (κ3) is 4.45. The monoisotopic (exact) mass is 281 g/mol. The topological polar surface area (TPSA) is 58.4 Å². The van der Waals surface area contributed by atoms with Crippen molar-refractivity contribution in [2.75, 3.05) is 26.7 Å². The van der Waals surface area contributed by atoms with Crippen LogP contribution in [0.1, 0.15) is 51.4 Å². The molecule has 20 heavy (non-hydrogen) atoms. The fourth-order valence-electron chi connectivity index (χ4n) is 3.77. The molecule has 0 aromatic carbocycles. The minimum absolute atomic E-state index is 0.203. The molecular weight excluding hydrogens is 250 g/mol. The summed E-state index contributed by atoms with van der Waals surface area (Å²) < 4.78 is 0. The van der Waals surface area contributed by atoms with E-state index in [-0.39, 0.29) is 11.8 Å². The molecule has 2 fully saturated rings. The highest BCUT2D eigenvalue weighted by Crippen LogP contribution is 2.28. The Hall–Kier alpha value is -0.610. The molecule has 0 aromatic rings. The number of rotatable bonds is 6. The summed E-state index contributed by atoms with van der Waals surface area (Å²) in [4.78, 5) is 14.6. The summed E-state index contributed by atoms with van der Waals surface area (Å²) in [6.45, 7) is 2.49. The lowest BCUT2D eigenvalue weighted by Crippen LogP contribution is -2.40. The van der Waals surface area contributed by atoms with Crippen LogP contribution in [0.3, 0.4) is 0 Å². The summed E-state index contributed by atoms with van der Waals surface area (Å²) in [5.74, 6) is 1.01. The Balaban J connectivity index is 1.64. The van der Waals surface area contributed by atoms with Gasteiger partial charge in [-0.1, -0.05) is 19.3 Å².